The van der Waals surface area contributed by atoms with E-state index in [2.05, 4.69) is 20.6 Å². The van der Waals surface area contributed by atoms with Crippen LogP contribution in [0.2, 0.25) is 0 Å². The quantitative estimate of drug-likeness (QED) is 0.562. The van der Waals surface area contributed by atoms with Gasteiger partial charge in [-0.1, -0.05) is 6.92 Å². The van der Waals surface area contributed by atoms with Gasteiger partial charge in [0.25, 0.3) is 0 Å². The number of rotatable bonds is 7. The lowest BCUT2D eigenvalue weighted by atomic mass is 10.5. The summed E-state index contributed by atoms with van der Waals surface area (Å²) in [7, 11) is -3.09. The number of thiazole rings is 1. The van der Waals surface area contributed by atoms with Crippen molar-refractivity contribution < 1.29 is 21.6 Å². The molecule has 0 fully saturated rings. The minimum atomic E-state index is -4.46. The second-order valence-corrected chi connectivity index (χ2v) is 7.90. The highest BCUT2D eigenvalue weighted by Gasteiger charge is 2.33. The molecular formula is C12H19F3N4O2S2. The first-order valence-corrected chi connectivity index (χ1v) is 9.62. The van der Waals surface area contributed by atoms with Crippen molar-refractivity contribution in [2.45, 2.75) is 26.6 Å². The van der Waals surface area contributed by atoms with Crippen molar-refractivity contribution in [1.29, 1.82) is 0 Å². The Morgan fingerprint density at radius 2 is 2.04 bits per heavy atom. The van der Waals surface area contributed by atoms with Gasteiger partial charge in [-0.15, -0.1) is 11.3 Å². The number of halogens is 3. The van der Waals surface area contributed by atoms with E-state index < -0.39 is 21.7 Å². The zero-order valence-electron chi connectivity index (χ0n) is 12.8. The van der Waals surface area contributed by atoms with Gasteiger partial charge in [0, 0.05) is 24.2 Å². The molecule has 1 heterocycles. The predicted molar refractivity (Wildman–Crippen MR) is 84.3 cm³/mol. The number of nitrogens with zero attached hydrogens (tertiary/aromatic N) is 2. The molecule has 0 aromatic carbocycles. The summed E-state index contributed by atoms with van der Waals surface area (Å²) < 4.78 is 60.2. The summed E-state index contributed by atoms with van der Waals surface area (Å²) in [5, 5.41) is 6.90. The van der Waals surface area contributed by atoms with Gasteiger partial charge in [0.2, 0.25) is 0 Å². The van der Waals surface area contributed by atoms with E-state index in [1.165, 1.54) is 0 Å². The molecule has 0 aliphatic rings. The SMILES string of the molecule is CCNC(=NCc1nc(C(F)(F)F)cs1)NCCS(=O)(=O)CC. The molecule has 0 saturated carbocycles. The highest BCUT2D eigenvalue weighted by molar-refractivity contribution is 7.91. The molecular weight excluding hydrogens is 353 g/mol. The molecule has 1 aromatic rings. The number of hydrogen-bond acceptors (Lipinski definition) is 5. The normalized spacial score (nSPS) is 13.2. The molecule has 2 N–H and O–H groups in total. The monoisotopic (exact) mass is 372 g/mol. The Bertz CT molecular complexity index is 626. The first-order chi connectivity index (χ1) is 10.7. The van der Waals surface area contributed by atoms with E-state index >= 15 is 0 Å². The van der Waals surface area contributed by atoms with Gasteiger partial charge in [0.1, 0.15) is 5.01 Å². The maximum Gasteiger partial charge on any atom is 0.434 e. The number of aliphatic imine (C=N–C) groups is 1. The molecule has 1 rings (SSSR count). The molecule has 0 atom stereocenters. The minimum absolute atomic E-state index is 0.0173. The molecule has 23 heavy (non-hydrogen) atoms. The van der Waals surface area contributed by atoms with Crippen LogP contribution in [-0.4, -0.2) is 44.0 Å². The van der Waals surface area contributed by atoms with Crippen LogP contribution in [0.1, 0.15) is 24.5 Å². The highest BCUT2D eigenvalue weighted by Crippen LogP contribution is 2.30. The van der Waals surface area contributed by atoms with Crippen LogP contribution < -0.4 is 10.6 Å². The van der Waals surface area contributed by atoms with E-state index in [1.807, 2.05) is 6.92 Å². The Morgan fingerprint density at radius 1 is 1.35 bits per heavy atom. The average Bonchev–Trinajstić information content (AvgIpc) is 2.93. The van der Waals surface area contributed by atoms with E-state index in [4.69, 9.17) is 0 Å². The van der Waals surface area contributed by atoms with Crippen LogP contribution in [0.4, 0.5) is 13.2 Å². The summed E-state index contributed by atoms with van der Waals surface area (Å²) >= 11 is 0.879. The van der Waals surface area contributed by atoms with Gasteiger partial charge in [-0.25, -0.2) is 18.4 Å². The van der Waals surface area contributed by atoms with Crippen molar-refractivity contribution in [3.63, 3.8) is 0 Å². The number of alkyl halides is 3. The molecule has 1 aromatic heterocycles. The van der Waals surface area contributed by atoms with Gasteiger partial charge < -0.3 is 10.6 Å². The van der Waals surface area contributed by atoms with Gasteiger partial charge in [0.05, 0.1) is 12.3 Å². The molecule has 0 radical (unpaired) electrons. The van der Waals surface area contributed by atoms with Crippen molar-refractivity contribution in [3.05, 3.63) is 16.1 Å². The summed E-state index contributed by atoms with van der Waals surface area (Å²) in [5.41, 5.74) is -0.931. The Labute approximate surface area is 137 Å². The molecule has 0 unspecified atom stereocenters. The van der Waals surface area contributed by atoms with Crippen LogP contribution in [-0.2, 0) is 22.6 Å². The first-order valence-electron chi connectivity index (χ1n) is 6.92. The van der Waals surface area contributed by atoms with E-state index in [-0.39, 0.29) is 29.6 Å². The Morgan fingerprint density at radius 3 is 2.57 bits per heavy atom. The zero-order chi connectivity index (χ0) is 17.5. The molecule has 11 heteroatoms. The number of guanidine groups is 1. The van der Waals surface area contributed by atoms with Crippen molar-refractivity contribution in [1.82, 2.24) is 15.6 Å². The standard InChI is InChI=1S/C12H19F3N4O2S2/c1-3-16-11(17-5-6-23(20,21)4-2)18-7-10-19-9(8-22-10)12(13,14)15/h8H,3-7H2,1-2H3,(H2,16,17,18). The third kappa shape index (κ3) is 7.16. The third-order valence-corrected chi connectivity index (χ3v) is 5.24. The Balaban J connectivity index is 2.63. The molecule has 0 amide bonds. The first kappa shape index (κ1) is 19.7. The lowest BCUT2D eigenvalue weighted by Crippen LogP contribution is -2.39. The predicted octanol–water partition coefficient (Wildman–Crippen LogP) is 1.65. The van der Waals surface area contributed by atoms with Crippen LogP contribution in [0, 0.1) is 0 Å². The molecule has 6 nitrogen and oxygen atoms in total. The number of sulfone groups is 1. The largest absolute Gasteiger partial charge is 0.434 e. The molecule has 0 aliphatic carbocycles. The van der Waals surface area contributed by atoms with Crippen LogP contribution in [0.5, 0.6) is 0 Å². The van der Waals surface area contributed by atoms with Gasteiger partial charge in [-0.2, -0.15) is 13.2 Å². The number of hydrogen-bond donors (Lipinski definition) is 2. The highest BCUT2D eigenvalue weighted by atomic mass is 32.2. The topological polar surface area (TPSA) is 83.4 Å². The van der Waals surface area contributed by atoms with Crippen molar-refractivity contribution >= 4 is 27.1 Å². The van der Waals surface area contributed by atoms with E-state index in [0.717, 1.165) is 16.7 Å². The summed E-state index contributed by atoms with van der Waals surface area (Å²) in [6, 6.07) is 0. The summed E-state index contributed by atoms with van der Waals surface area (Å²) in [6.45, 7) is 4.09. The van der Waals surface area contributed by atoms with Crippen LogP contribution in [0.25, 0.3) is 0 Å². The lowest BCUT2D eigenvalue weighted by molar-refractivity contribution is -0.140. The summed E-state index contributed by atoms with van der Waals surface area (Å²) in [4.78, 5) is 7.59. The Hall–Kier alpha value is -1.36. The van der Waals surface area contributed by atoms with Crippen molar-refractivity contribution in [2.24, 2.45) is 4.99 Å². The molecule has 132 valence electrons. The third-order valence-electron chi connectivity index (χ3n) is 2.70. The molecule has 0 spiro atoms. The number of aromatic nitrogens is 1. The fourth-order valence-electron chi connectivity index (χ4n) is 1.47. The summed E-state index contributed by atoms with van der Waals surface area (Å²) in [6.07, 6.45) is -4.46. The van der Waals surface area contributed by atoms with Crippen molar-refractivity contribution in [3.8, 4) is 0 Å². The average molecular weight is 372 g/mol. The fourth-order valence-corrected chi connectivity index (χ4v) is 2.90. The van der Waals surface area contributed by atoms with E-state index in [9.17, 15) is 21.6 Å². The van der Waals surface area contributed by atoms with E-state index in [0.29, 0.717) is 12.5 Å². The van der Waals surface area contributed by atoms with Gasteiger partial charge >= 0.3 is 6.18 Å². The lowest BCUT2D eigenvalue weighted by Gasteiger charge is -2.10. The van der Waals surface area contributed by atoms with Gasteiger partial charge in [-0.05, 0) is 6.92 Å². The maximum atomic E-state index is 12.5. The van der Waals surface area contributed by atoms with Gasteiger partial charge in [0.15, 0.2) is 21.5 Å². The number of nitrogens with one attached hydrogen (secondary N) is 2. The maximum absolute atomic E-state index is 12.5. The minimum Gasteiger partial charge on any atom is -0.357 e. The Kier molecular flexibility index (Phi) is 7.26. The fraction of sp³-hybridized carbons (Fsp3) is 0.667. The molecule has 0 saturated heterocycles. The van der Waals surface area contributed by atoms with E-state index in [1.54, 1.807) is 6.92 Å². The van der Waals surface area contributed by atoms with Crippen LogP contribution >= 0.6 is 11.3 Å². The molecule has 0 bridgehead atoms. The molecule has 0 aliphatic heterocycles. The second kappa shape index (κ2) is 8.48. The van der Waals surface area contributed by atoms with Crippen LogP contribution in [0.15, 0.2) is 10.4 Å². The van der Waals surface area contributed by atoms with Gasteiger partial charge in [-0.3, -0.25) is 0 Å². The van der Waals surface area contributed by atoms with Crippen molar-refractivity contribution in [2.75, 3.05) is 24.6 Å². The zero-order valence-corrected chi connectivity index (χ0v) is 14.4. The smallest absolute Gasteiger partial charge is 0.357 e. The second-order valence-electron chi connectivity index (χ2n) is 4.48. The van der Waals surface area contributed by atoms with Crippen LogP contribution in [0.3, 0.4) is 0 Å². The summed E-state index contributed by atoms with van der Waals surface area (Å²) in [5.74, 6) is 0.355.